The van der Waals surface area contributed by atoms with Crippen LogP contribution in [0.5, 0.6) is 0 Å². The number of carbonyl (C=O) groups is 4. The first-order valence-corrected chi connectivity index (χ1v) is 32.6. The van der Waals surface area contributed by atoms with E-state index in [-0.39, 0.29) is 0 Å². The highest BCUT2D eigenvalue weighted by atomic mass is 16.8. The number of ether oxygens (including phenoxy) is 14. The van der Waals surface area contributed by atoms with E-state index in [0.717, 1.165) is 13.8 Å². The Bertz CT molecular complexity index is 2670. The Kier molecular flexibility index (Phi) is 31.7. The van der Waals surface area contributed by atoms with E-state index in [9.17, 15) is 147 Å². The van der Waals surface area contributed by atoms with Crippen LogP contribution in [0.3, 0.4) is 0 Å². The van der Waals surface area contributed by atoms with Gasteiger partial charge < -0.3 is 210 Å². The highest BCUT2D eigenvalue weighted by Crippen LogP contribution is 2.41. The van der Waals surface area contributed by atoms with Gasteiger partial charge in [-0.2, -0.15) is 0 Å². The van der Waals surface area contributed by atoms with Gasteiger partial charge in [-0.1, -0.05) is 0 Å². The van der Waals surface area contributed by atoms with Crippen LogP contribution in [0.1, 0.15) is 34.1 Å². The number of aliphatic hydroxyl groups excluding tert-OH is 24. The van der Waals surface area contributed by atoms with Gasteiger partial charge in [0.15, 0.2) is 37.7 Å². The fourth-order valence-electron chi connectivity index (χ4n) is 12.7. The van der Waals surface area contributed by atoms with E-state index < -0.39 is 328 Å². The van der Waals surface area contributed by atoms with E-state index in [4.69, 9.17) is 66.3 Å². The Morgan fingerprint density at radius 2 is 0.893 bits per heavy atom. The first-order chi connectivity index (χ1) is 48.5. The molecule has 46 heteroatoms. The van der Waals surface area contributed by atoms with Crippen LogP contribution in [0.2, 0.25) is 0 Å². The third kappa shape index (κ3) is 19.5. The van der Waals surface area contributed by atoms with Crippen LogP contribution in [0, 0.1) is 0 Å². The van der Waals surface area contributed by atoms with E-state index in [1.54, 1.807) is 0 Å². The van der Waals surface area contributed by atoms with Gasteiger partial charge in [0.2, 0.25) is 17.7 Å². The predicted molar refractivity (Wildman–Crippen MR) is 317 cm³/mol. The molecule has 7 heterocycles. The van der Waals surface area contributed by atoms with Gasteiger partial charge in [0.05, 0.1) is 76.6 Å². The number of carbonyl (C=O) groups excluding carboxylic acids is 3. The van der Waals surface area contributed by atoms with Gasteiger partial charge in [0, 0.05) is 20.3 Å². The van der Waals surface area contributed by atoms with E-state index in [2.05, 4.69) is 16.0 Å². The molecule has 46 nitrogen and oxygen atoms in total. The first-order valence-electron chi connectivity index (χ1n) is 32.6. The number of aliphatic carboxylic acids is 1. The number of rotatable bonds is 31. The van der Waals surface area contributed by atoms with E-state index >= 15 is 0 Å². The van der Waals surface area contributed by atoms with Crippen LogP contribution in [-0.4, -0.2) is 449 Å². The largest absolute Gasteiger partial charge is 0.477 e. The number of hydrogen-bond acceptors (Lipinski definition) is 42. The molecule has 3 amide bonds. The molecule has 0 aromatic carbocycles. The lowest BCUT2D eigenvalue weighted by atomic mass is 9.88. The zero-order valence-electron chi connectivity index (χ0n) is 55.4. The fraction of sp³-hybridized carbons (Fsp3) is 0.930. The molecular weight excluding hydrogens is 1410 g/mol. The molecule has 0 aromatic rings. The minimum Gasteiger partial charge on any atom is -0.477 e. The lowest BCUT2D eigenvalue weighted by Crippen LogP contribution is -2.71. The van der Waals surface area contributed by atoms with Crippen molar-refractivity contribution in [2.45, 2.75) is 279 Å². The van der Waals surface area contributed by atoms with E-state index in [1.165, 1.54) is 13.8 Å². The summed E-state index contributed by atoms with van der Waals surface area (Å²) in [6.07, 6.45) is -80.0. The summed E-state index contributed by atoms with van der Waals surface area (Å²) in [5, 5.41) is 281. The molecular formula is C57H97N3O43. The summed E-state index contributed by atoms with van der Waals surface area (Å²) in [6.45, 7) is -5.85. The Morgan fingerprint density at radius 3 is 1.36 bits per heavy atom. The second-order valence-electron chi connectivity index (χ2n) is 25.8. The Balaban J connectivity index is 1.33. The Morgan fingerprint density at radius 1 is 0.466 bits per heavy atom. The van der Waals surface area contributed by atoms with E-state index in [1.807, 2.05) is 0 Å². The van der Waals surface area contributed by atoms with Crippen molar-refractivity contribution in [2.24, 2.45) is 0 Å². The number of hydrogen-bond donors (Lipinski definition) is 28. The van der Waals surface area contributed by atoms with Crippen molar-refractivity contribution in [1.82, 2.24) is 16.0 Å². The summed E-state index contributed by atoms with van der Waals surface area (Å²) in [6, 6.07) is -5.86. The second kappa shape index (κ2) is 37.7. The topological polar surface area (TPSA) is 739 Å². The maximum atomic E-state index is 13.1. The third-order valence-corrected chi connectivity index (χ3v) is 18.5. The summed E-state index contributed by atoms with van der Waals surface area (Å²) in [4.78, 5) is 51.4. The Hall–Kier alpha value is -3.64. The first kappa shape index (κ1) is 86.6. The molecule has 598 valence electrons. The van der Waals surface area contributed by atoms with E-state index in [0.29, 0.717) is 0 Å². The molecule has 7 aliphatic rings. The standard InChI is InChI=1S/C57H97N3O43/c1-14-29(74)37(82)40(85)51(91-14)101-48-46(99-50-28(59-17(4)69)44(34(79)23(9-64)93-50)98-53-42(87)39(84)33(78)22(8-63)94-53)35(80)24(10-65)96-55(48)100-47-36(81)25(11-66)95-54(49(47)102-52-41(86)38(83)30(75)15(2)92-52)97-43(18(6-61)58-16(3)68)32(77)21(72)13-90-57(56(88)89)5-19(70)27(60-26(73)12-67)45(103-57)31(76)20(71)7-62/h14-15,18-25,27-55,61-67,70-72,74-87H,5-13H2,1-4H3,(H,58,68)(H,59,69)(H,60,73)(H,88,89)/t14-,15-,18-,19-,20+,21+,22+,23+,24+,25+,27+,28+,29+,30+,31+,32-,33-,34-,35-,36-,37+,38+,39-,40-,41-,42+,43+,44+,45+,46-,47-,48+,49+,50+,51-,52-,53+,54-,55-,57+/m0/s1. The molecule has 28 N–H and O–H groups in total. The molecule has 0 bridgehead atoms. The lowest BCUT2D eigenvalue weighted by molar-refractivity contribution is -0.415. The smallest absolute Gasteiger partial charge is 0.364 e. The van der Waals surface area contributed by atoms with Crippen molar-refractivity contribution in [3.05, 3.63) is 0 Å². The van der Waals surface area contributed by atoms with Crippen molar-refractivity contribution in [2.75, 3.05) is 52.9 Å². The molecule has 0 aliphatic carbocycles. The molecule has 0 aromatic heterocycles. The summed E-state index contributed by atoms with van der Waals surface area (Å²) in [5.41, 5.74) is 0. The van der Waals surface area contributed by atoms with Crippen molar-refractivity contribution in [1.29, 1.82) is 0 Å². The van der Waals surface area contributed by atoms with Crippen molar-refractivity contribution in [3.63, 3.8) is 0 Å². The maximum absolute atomic E-state index is 13.1. The normalized spacial score (nSPS) is 45.1. The molecule has 0 spiro atoms. The van der Waals surface area contributed by atoms with Gasteiger partial charge in [-0.15, -0.1) is 0 Å². The molecule has 7 rings (SSSR count). The molecule has 7 aliphatic heterocycles. The SMILES string of the molecule is CC(=O)N[C@H]1[C@@H](O[C@H]2[C@@H](O)[C@@H](CO)O[C@@H](O[C@H]3[C@@H](O)[C@@H](CO)O[C@@H](O[C@@H]([C@@H](O)[C@H](O)CO[C@]4(C(=O)O)C[C@H](O)[C@@H](NC(=O)CO)[C@H]([C@H](O)[C@H](O)CO)O4)[C@H](CO)NC(C)=O)[C@@H]3O[C@@H]3O[C@@H](C)[C@@H](O)[C@@H](O)[C@@H]3O)[C@@H]2O[C@@H]2O[C@@H](C)[C@@H](O)[C@@H](O)[C@@H]2O)O[C@H](CO)[C@H](O)[C@@H]1O[C@H]1O[C@H](CO)[C@H](O)[C@H](O)[C@H]1O. The molecule has 7 fully saturated rings. The fourth-order valence-corrected chi connectivity index (χ4v) is 12.7. The van der Waals surface area contributed by atoms with Gasteiger partial charge in [0.25, 0.3) is 5.79 Å². The lowest BCUT2D eigenvalue weighted by Gasteiger charge is -2.52. The molecule has 0 unspecified atom stereocenters. The number of amides is 3. The quantitative estimate of drug-likeness (QED) is 0.0306. The van der Waals surface area contributed by atoms with Crippen molar-refractivity contribution >= 4 is 23.7 Å². The minimum atomic E-state index is -3.25. The highest BCUT2D eigenvalue weighted by Gasteiger charge is 2.62. The average Bonchev–Trinajstić information content (AvgIpc) is 0.764. The van der Waals surface area contributed by atoms with Crippen molar-refractivity contribution in [3.8, 4) is 0 Å². The summed E-state index contributed by atoms with van der Waals surface area (Å²) >= 11 is 0. The van der Waals surface area contributed by atoms with Crippen LogP contribution in [0.4, 0.5) is 0 Å². The zero-order chi connectivity index (χ0) is 76.7. The average molecular weight is 1510 g/mol. The van der Waals surface area contributed by atoms with Crippen LogP contribution in [-0.2, 0) is 85.5 Å². The van der Waals surface area contributed by atoms with Gasteiger partial charge >= 0.3 is 5.97 Å². The third-order valence-electron chi connectivity index (χ3n) is 18.5. The van der Waals surface area contributed by atoms with Gasteiger partial charge in [-0.05, 0) is 13.8 Å². The highest BCUT2D eigenvalue weighted by molar-refractivity contribution is 5.78. The molecule has 7 saturated heterocycles. The summed E-state index contributed by atoms with van der Waals surface area (Å²) in [5.74, 6) is -8.63. The predicted octanol–water partition coefficient (Wildman–Crippen LogP) is -18.2. The maximum Gasteiger partial charge on any atom is 0.364 e. The second-order valence-corrected chi connectivity index (χ2v) is 25.8. The molecule has 103 heavy (non-hydrogen) atoms. The summed E-state index contributed by atoms with van der Waals surface area (Å²) < 4.78 is 83.5. The van der Waals surface area contributed by atoms with Gasteiger partial charge in [-0.3, -0.25) is 14.4 Å². The minimum absolute atomic E-state index is 0.874. The molecule has 40 atom stereocenters. The molecule has 0 saturated carbocycles. The number of carboxylic acid groups (broad SMARTS) is 1. The molecule has 0 radical (unpaired) electrons. The monoisotopic (exact) mass is 1510 g/mol. The number of nitrogens with one attached hydrogen (secondary N) is 3. The van der Waals surface area contributed by atoms with Crippen LogP contribution in [0.25, 0.3) is 0 Å². The van der Waals surface area contributed by atoms with Gasteiger partial charge in [-0.25, -0.2) is 4.79 Å². The summed E-state index contributed by atoms with van der Waals surface area (Å²) in [7, 11) is 0. The van der Waals surface area contributed by atoms with Crippen LogP contribution >= 0.6 is 0 Å². The van der Waals surface area contributed by atoms with Crippen molar-refractivity contribution < 1.29 is 213 Å². The van der Waals surface area contributed by atoms with Crippen LogP contribution in [0.15, 0.2) is 0 Å². The zero-order valence-corrected chi connectivity index (χ0v) is 55.4. The van der Waals surface area contributed by atoms with Crippen LogP contribution < -0.4 is 16.0 Å². The number of aliphatic hydroxyl groups is 24. The Labute approximate surface area is 583 Å². The van der Waals surface area contributed by atoms with Gasteiger partial charge in [0.1, 0.15) is 177 Å². The number of carboxylic acids is 1.